The largest absolute Gasteiger partial charge is 0.295 e. The van der Waals surface area contributed by atoms with Crippen LogP contribution in [0.1, 0.15) is 37.6 Å². The molecule has 0 saturated carbocycles. The van der Waals surface area contributed by atoms with E-state index in [1.54, 1.807) is 6.92 Å². The van der Waals surface area contributed by atoms with Gasteiger partial charge in [-0.1, -0.05) is 26.0 Å². The van der Waals surface area contributed by atoms with Gasteiger partial charge in [-0.05, 0) is 25.5 Å². The van der Waals surface area contributed by atoms with Crippen LogP contribution >= 0.6 is 11.8 Å². The summed E-state index contributed by atoms with van der Waals surface area (Å²) in [5, 5.41) is 0.609. The molecule has 0 aliphatic heterocycles. The van der Waals surface area contributed by atoms with E-state index in [9.17, 15) is 4.79 Å². The Hall–Kier alpha value is -0.760. The van der Waals surface area contributed by atoms with Crippen LogP contribution in [-0.4, -0.2) is 11.0 Å². The van der Waals surface area contributed by atoms with Crippen molar-refractivity contribution in [2.24, 2.45) is 0 Å². The van der Waals surface area contributed by atoms with Crippen LogP contribution in [0.15, 0.2) is 29.2 Å². The number of ketones is 1. The second-order valence-corrected chi connectivity index (χ2v) is 4.93. The molecule has 0 saturated heterocycles. The molecule has 0 amide bonds. The molecule has 0 fully saturated rings. The maximum atomic E-state index is 11.1. The van der Waals surface area contributed by atoms with Gasteiger partial charge in [0.15, 0.2) is 5.78 Å². The molecule has 1 rings (SSSR count). The highest BCUT2D eigenvalue weighted by atomic mass is 32.2. The Morgan fingerprint density at radius 2 is 2.21 bits per heavy atom. The molecule has 0 radical (unpaired) electrons. The van der Waals surface area contributed by atoms with Crippen LogP contribution in [0.25, 0.3) is 0 Å². The monoisotopic (exact) mass is 208 g/mol. The number of carbonyl (C=O) groups is 1. The lowest BCUT2D eigenvalue weighted by Crippen LogP contribution is -1.94. The molecular weight excluding hydrogens is 192 g/mol. The fourth-order valence-corrected chi connectivity index (χ4v) is 2.09. The van der Waals surface area contributed by atoms with Crippen LogP contribution in [0.3, 0.4) is 0 Å². The van der Waals surface area contributed by atoms with E-state index >= 15 is 0 Å². The molecule has 14 heavy (non-hydrogen) atoms. The summed E-state index contributed by atoms with van der Waals surface area (Å²) in [4.78, 5) is 12.3. The van der Waals surface area contributed by atoms with Crippen molar-refractivity contribution in [1.29, 1.82) is 0 Å². The summed E-state index contributed by atoms with van der Waals surface area (Å²) in [5.74, 6) is 0.136. The zero-order chi connectivity index (χ0) is 10.6. The Bertz CT molecular complexity index is 320. The second-order valence-electron chi connectivity index (χ2n) is 3.42. The summed E-state index contributed by atoms with van der Waals surface area (Å²) in [6.45, 7) is 5.98. The van der Waals surface area contributed by atoms with Crippen molar-refractivity contribution >= 4 is 17.5 Å². The summed E-state index contributed by atoms with van der Waals surface area (Å²) >= 11 is 1.82. The first kappa shape index (κ1) is 11.3. The number of hydrogen-bond acceptors (Lipinski definition) is 2. The molecule has 0 aliphatic rings. The van der Waals surface area contributed by atoms with Crippen molar-refractivity contribution in [1.82, 2.24) is 0 Å². The molecule has 0 N–H and O–H groups in total. The Kier molecular flexibility index (Phi) is 4.21. The number of carbonyl (C=O) groups excluding carboxylic acids is 1. The van der Waals surface area contributed by atoms with E-state index in [0.717, 1.165) is 12.0 Å². The topological polar surface area (TPSA) is 17.1 Å². The summed E-state index contributed by atoms with van der Waals surface area (Å²) in [5.41, 5.74) is 0.804. The molecule has 0 heterocycles. The highest BCUT2D eigenvalue weighted by Crippen LogP contribution is 2.25. The predicted molar refractivity (Wildman–Crippen MR) is 62.1 cm³/mol. The SMILES string of the molecule is CCC(C)Sc1cccc(C(C)=O)c1. The molecule has 1 aromatic carbocycles. The van der Waals surface area contributed by atoms with E-state index in [4.69, 9.17) is 0 Å². The minimum atomic E-state index is 0.136. The first-order valence-electron chi connectivity index (χ1n) is 4.91. The highest BCUT2D eigenvalue weighted by Gasteiger charge is 2.04. The lowest BCUT2D eigenvalue weighted by atomic mass is 10.2. The van der Waals surface area contributed by atoms with E-state index < -0.39 is 0 Å². The predicted octanol–water partition coefficient (Wildman–Crippen LogP) is 3.78. The highest BCUT2D eigenvalue weighted by molar-refractivity contribution is 7.99. The van der Waals surface area contributed by atoms with E-state index in [2.05, 4.69) is 19.9 Å². The Labute approximate surface area is 89.9 Å². The lowest BCUT2D eigenvalue weighted by Gasteiger charge is -2.08. The van der Waals surface area contributed by atoms with Crippen molar-refractivity contribution in [3.63, 3.8) is 0 Å². The van der Waals surface area contributed by atoms with Crippen LogP contribution in [0.4, 0.5) is 0 Å². The zero-order valence-corrected chi connectivity index (χ0v) is 9.73. The molecule has 1 unspecified atom stereocenters. The number of Topliss-reactive ketones (excluding diaryl/α,β-unsaturated/α-hetero) is 1. The number of thioether (sulfide) groups is 1. The van der Waals surface area contributed by atoms with E-state index in [0.29, 0.717) is 5.25 Å². The first-order valence-corrected chi connectivity index (χ1v) is 5.79. The van der Waals surface area contributed by atoms with Gasteiger partial charge in [0.1, 0.15) is 0 Å². The third-order valence-corrected chi connectivity index (χ3v) is 3.41. The van der Waals surface area contributed by atoms with Gasteiger partial charge in [0.25, 0.3) is 0 Å². The Morgan fingerprint density at radius 1 is 1.50 bits per heavy atom. The molecular formula is C12H16OS. The van der Waals surface area contributed by atoms with Gasteiger partial charge in [0.05, 0.1) is 0 Å². The van der Waals surface area contributed by atoms with Crippen molar-refractivity contribution in [2.75, 3.05) is 0 Å². The van der Waals surface area contributed by atoms with Gasteiger partial charge in [-0.25, -0.2) is 0 Å². The van der Waals surface area contributed by atoms with Gasteiger partial charge in [-0.15, -0.1) is 11.8 Å². The minimum Gasteiger partial charge on any atom is -0.295 e. The Balaban J connectivity index is 2.78. The van der Waals surface area contributed by atoms with Crippen molar-refractivity contribution < 1.29 is 4.79 Å². The molecule has 1 aromatic rings. The third kappa shape index (κ3) is 3.18. The standard InChI is InChI=1S/C12H16OS/c1-4-9(2)14-12-7-5-6-11(8-12)10(3)13/h5-9H,4H2,1-3H3. The van der Waals surface area contributed by atoms with E-state index in [1.165, 1.54) is 4.90 Å². The second kappa shape index (κ2) is 5.20. The van der Waals surface area contributed by atoms with Gasteiger partial charge < -0.3 is 0 Å². The van der Waals surface area contributed by atoms with Crippen molar-refractivity contribution in [3.05, 3.63) is 29.8 Å². The van der Waals surface area contributed by atoms with Gasteiger partial charge >= 0.3 is 0 Å². The van der Waals surface area contributed by atoms with E-state index in [-0.39, 0.29) is 5.78 Å². The minimum absolute atomic E-state index is 0.136. The first-order chi connectivity index (χ1) is 6.63. The van der Waals surface area contributed by atoms with Crippen molar-refractivity contribution in [2.45, 2.75) is 37.3 Å². The number of benzene rings is 1. The molecule has 0 aromatic heterocycles. The lowest BCUT2D eigenvalue weighted by molar-refractivity contribution is 0.101. The summed E-state index contributed by atoms with van der Waals surface area (Å²) in [6.07, 6.45) is 1.15. The maximum Gasteiger partial charge on any atom is 0.159 e. The Morgan fingerprint density at radius 3 is 2.79 bits per heavy atom. The van der Waals surface area contributed by atoms with Crippen molar-refractivity contribution in [3.8, 4) is 0 Å². The molecule has 1 nitrogen and oxygen atoms in total. The van der Waals surface area contributed by atoms with Crippen LogP contribution in [-0.2, 0) is 0 Å². The molecule has 0 spiro atoms. The van der Waals surface area contributed by atoms with Crippen LogP contribution < -0.4 is 0 Å². The van der Waals surface area contributed by atoms with Gasteiger partial charge in [0, 0.05) is 15.7 Å². The van der Waals surface area contributed by atoms with Crippen LogP contribution in [0.2, 0.25) is 0 Å². The smallest absolute Gasteiger partial charge is 0.159 e. The number of hydrogen-bond donors (Lipinski definition) is 0. The molecule has 1 atom stereocenters. The number of rotatable bonds is 4. The fraction of sp³-hybridized carbons (Fsp3) is 0.417. The van der Waals surface area contributed by atoms with E-state index in [1.807, 2.05) is 30.0 Å². The average molecular weight is 208 g/mol. The third-order valence-electron chi connectivity index (χ3n) is 2.15. The average Bonchev–Trinajstić information content (AvgIpc) is 2.18. The van der Waals surface area contributed by atoms with Gasteiger partial charge in [0.2, 0.25) is 0 Å². The van der Waals surface area contributed by atoms with Gasteiger partial charge in [-0.3, -0.25) is 4.79 Å². The normalized spacial score (nSPS) is 12.5. The molecule has 0 aliphatic carbocycles. The molecule has 76 valence electrons. The summed E-state index contributed by atoms with van der Waals surface area (Å²) in [7, 11) is 0. The summed E-state index contributed by atoms with van der Waals surface area (Å²) in [6, 6.07) is 7.84. The zero-order valence-electron chi connectivity index (χ0n) is 8.91. The van der Waals surface area contributed by atoms with Crippen LogP contribution in [0.5, 0.6) is 0 Å². The molecule has 2 heteroatoms. The summed E-state index contributed by atoms with van der Waals surface area (Å²) < 4.78 is 0. The quantitative estimate of drug-likeness (QED) is 0.553. The van der Waals surface area contributed by atoms with Gasteiger partial charge in [-0.2, -0.15) is 0 Å². The van der Waals surface area contributed by atoms with Crippen LogP contribution in [0, 0.1) is 0 Å². The molecule has 0 bridgehead atoms. The maximum absolute atomic E-state index is 11.1. The fourth-order valence-electron chi connectivity index (χ4n) is 1.10.